The Morgan fingerprint density at radius 1 is 1.37 bits per heavy atom. The van der Waals surface area contributed by atoms with Crippen LogP contribution in [0.5, 0.6) is 0 Å². The van der Waals surface area contributed by atoms with Crippen molar-refractivity contribution in [3.05, 3.63) is 34.2 Å². The van der Waals surface area contributed by atoms with E-state index in [0.717, 1.165) is 0 Å². The topological polar surface area (TPSA) is 88.4 Å². The number of aliphatic carboxylic acids is 1. The van der Waals surface area contributed by atoms with Crippen molar-refractivity contribution in [1.82, 2.24) is 9.88 Å². The number of nitrogens with zero attached hydrogens (tertiary/aromatic N) is 1. The van der Waals surface area contributed by atoms with Crippen molar-refractivity contribution in [1.29, 1.82) is 0 Å². The molecule has 0 unspecified atom stereocenters. The van der Waals surface area contributed by atoms with Gasteiger partial charge in [-0.05, 0) is 26.3 Å². The molecule has 2 N–H and O–H groups in total. The molecule has 0 aliphatic heterocycles. The minimum Gasteiger partial charge on any atom is -0.481 e. The third kappa shape index (κ3) is 4.57. The average Bonchev–Trinajstić information content (AvgIpc) is 2.29. The van der Waals surface area contributed by atoms with Gasteiger partial charge in [0.05, 0.1) is 5.56 Å². The van der Waals surface area contributed by atoms with Crippen LogP contribution in [0.1, 0.15) is 37.0 Å². The molecule has 0 saturated carbocycles. The van der Waals surface area contributed by atoms with Crippen molar-refractivity contribution < 1.29 is 14.7 Å². The van der Waals surface area contributed by atoms with E-state index in [1.807, 2.05) is 0 Å². The molecule has 0 aliphatic rings. The third-order valence-electron chi connectivity index (χ3n) is 2.76. The van der Waals surface area contributed by atoms with Crippen LogP contribution < -0.4 is 10.9 Å². The molecule has 0 radical (unpaired) electrons. The predicted octanol–water partition coefficient (Wildman–Crippen LogP) is 0.758. The summed E-state index contributed by atoms with van der Waals surface area (Å²) < 4.78 is 1.32. The number of hydrogen-bond acceptors (Lipinski definition) is 3. The molecule has 0 aliphatic carbocycles. The number of amides is 1. The van der Waals surface area contributed by atoms with Crippen LogP contribution in [0.4, 0.5) is 0 Å². The highest BCUT2D eigenvalue weighted by atomic mass is 16.4. The van der Waals surface area contributed by atoms with E-state index in [2.05, 4.69) is 5.32 Å². The van der Waals surface area contributed by atoms with Gasteiger partial charge in [-0.15, -0.1) is 0 Å². The Morgan fingerprint density at radius 3 is 2.53 bits per heavy atom. The maximum Gasteiger partial charge on any atom is 0.303 e. The number of pyridine rings is 1. The van der Waals surface area contributed by atoms with Crippen LogP contribution in [-0.4, -0.2) is 27.1 Å². The van der Waals surface area contributed by atoms with Crippen molar-refractivity contribution in [2.75, 3.05) is 0 Å². The van der Waals surface area contributed by atoms with Crippen molar-refractivity contribution in [3.63, 3.8) is 0 Å². The second-order valence-corrected chi connectivity index (χ2v) is 5.10. The van der Waals surface area contributed by atoms with Crippen LogP contribution in [0.2, 0.25) is 0 Å². The van der Waals surface area contributed by atoms with Crippen molar-refractivity contribution in [2.24, 2.45) is 7.05 Å². The second kappa shape index (κ2) is 5.69. The summed E-state index contributed by atoms with van der Waals surface area (Å²) in [5, 5.41) is 11.4. The normalized spacial score (nSPS) is 11.1. The summed E-state index contributed by atoms with van der Waals surface area (Å²) in [4.78, 5) is 33.8. The predicted molar refractivity (Wildman–Crippen MR) is 70.1 cm³/mol. The van der Waals surface area contributed by atoms with Gasteiger partial charge in [-0.25, -0.2) is 0 Å². The molecule has 0 aromatic carbocycles. The molecular formula is C13H18N2O4. The highest BCUT2D eigenvalue weighted by Crippen LogP contribution is 2.12. The molecule has 0 fully saturated rings. The minimum atomic E-state index is -0.899. The molecule has 6 heteroatoms. The first-order valence-corrected chi connectivity index (χ1v) is 5.92. The molecule has 1 amide bonds. The molecule has 1 aromatic heterocycles. The molecule has 0 spiro atoms. The fourth-order valence-corrected chi connectivity index (χ4v) is 1.59. The number of aryl methyl sites for hydroxylation is 1. The van der Waals surface area contributed by atoms with Crippen molar-refractivity contribution in [2.45, 2.75) is 32.2 Å². The molecule has 6 nitrogen and oxygen atoms in total. The monoisotopic (exact) mass is 266 g/mol. The zero-order chi connectivity index (χ0) is 14.6. The molecule has 1 aromatic rings. The van der Waals surface area contributed by atoms with Crippen LogP contribution in [0.25, 0.3) is 0 Å². The summed E-state index contributed by atoms with van der Waals surface area (Å²) in [6, 6.07) is 2.77. The number of carbonyl (C=O) groups is 2. The first-order chi connectivity index (χ1) is 8.71. The lowest BCUT2D eigenvalue weighted by atomic mass is 9.98. The summed E-state index contributed by atoms with van der Waals surface area (Å²) >= 11 is 0. The lowest BCUT2D eigenvalue weighted by molar-refractivity contribution is -0.137. The van der Waals surface area contributed by atoms with Gasteiger partial charge >= 0.3 is 5.97 Å². The van der Waals surface area contributed by atoms with E-state index in [4.69, 9.17) is 5.11 Å². The molecule has 0 atom stereocenters. The summed E-state index contributed by atoms with van der Waals surface area (Å²) in [5.74, 6) is -1.23. The van der Waals surface area contributed by atoms with Gasteiger partial charge in [-0.1, -0.05) is 0 Å². The van der Waals surface area contributed by atoms with Crippen LogP contribution in [0, 0.1) is 0 Å². The van der Waals surface area contributed by atoms with E-state index in [0.29, 0.717) is 12.0 Å². The molecule has 104 valence electrons. The number of carboxylic acid groups (broad SMARTS) is 1. The number of carbonyl (C=O) groups excluding carboxylic acids is 1. The van der Waals surface area contributed by atoms with Crippen molar-refractivity contribution >= 4 is 11.9 Å². The van der Waals surface area contributed by atoms with E-state index >= 15 is 0 Å². The van der Waals surface area contributed by atoms with Gasteiger partial charge < -0.3 is 15.0 Å². The number of carboxylic acids is 1. The number of hydrogen-bond donors (Lipinski definition) is 2. The molecule has 0 bridgehead atoms. The van der Waals surface area contributed by atoms with Crippen LogP contribution in [0.15, 0.2) is 23.1 Å². The van der Waals surface area contributed by atoms with E-state index < -0.39 is 11.5 Å². The standard InChI is InChI=1S/C13H18N2O4/c1-13(2,7-6-11(17)18)14-12(19)9-4-5-10(16)15(3)8-9/h4-5,8H,6-7H2,1-3H3,(H,14,19)(H,17,18). The maximum atomic E-state index is 12.0. The summed E-state index contributed by atoms with van der Waals surface area (Å²) in [6.45, 7) is 3.52. The zero-order valence-corrected chi connectivity index (χ0v) is 11.3. The van der Waals surface area contributed by atoms with Gasteiger partial charge in [0.2, 0.25) is 5.56 Å². The number of nitrogens with one attached hydrogen (secondary N) is 1. The van der Waals surface area contributed by atoms with Gasteiger partial charge in [0.25, 0.3) is 5.91 Å². The van der Waals surface area contributed by atoms with Gasteiger partial charge in [0.15, 0.2) is 0 Å². The number of rotatable bonds is 5. The molecular weight excluding hydrogens is 248 g/mol. The quantitative estimate of drug-likeness (QED) is 0.823. The Hall–Kier alpha value is -2.11. The minimum absolute atomic E-state index is 0.0133. The SMILES string of the molecule is Cn1cc(C(=O)NC(C)(C)CCC(=O)O)ccc1=O. The molecule has 1 rings (SSSR count). The van der Waals surface area contributed by atoms with Gasteiger partial charge in [0.1, 0.15) is 0 Å². The molecule has 19 heavy (non-hydrogen) atoms. The molecule has 1 heterocycles. The number of aromatic nitrogens is 1. The fraction of sp³-hybridized carbons (Fsp3) is 0.462. The fourth-order valence-electron chi connectivity index (χ4n) is 1.59. The van der Waals surface area contributed by atoms with Crippen molar-refractivity contribution in [3.8, 4) is 0 Å². The smallest absolute Gasteiger partial charge is 0.303 e. The Morgan fingerprint density at radius 2 is 2.00 bits per heavy atom. The Kier molecular flexibility index (Phi) is 4.47. The maximum absolute atomic E-state index is 12.0. The van der Waals surface area contributed by atoms with E-state index in [1.54, 1.807) is 20.9 Å². The average molecular weight is 266 g/mol. The van der Waals surface area contributed by atoms with Crippen LogP contribution in [-0.2, 0) is 11.8 Å². The Bertz CT molecular complexity index is 546. The largest absolute Gasteiger partial charge is 0.481 e. The second-order valence-electron chi connectivity index (χ2n) is 5.10. The lowest BCUT2D eigenvalue weighted by Crippen LogP contribution is -2.44. The van der Waals surface area contributed by atoms with Gasteiger partial charge in [-0.3, -0.25) is 14.4 Å². The van der Waals surface area contributed by atoms with Crippen LogP contribution in [0.3, 0.4) is 0 Å². The van der Waals surface area contributed by atoms with E-state index in [9.17, 15) is 14.4 Å². The highest BCUT2D eigenvalue weighted by molar-refractivity contribution is 5.94. The summed E-state index contributed by atoms with van der Waals surface area (Å²) in [6.07, 6.45) is 1.77. The highest BCUT2D eigenvalue weighted by Gasteiger charge is 2.22. The van der Waals surface area contributed by atoms with E-state index in [1.165, 1.54) is 22.9 Å². The van der Waals surface area contributed by atoms with Gasteiger partial charge in [0, 0.05) is 31.3 Å². The molecule has 0 saturated heterocycles. The lowest BCUT2D eigenvalue weighted by Gasteiger charge is -2.25. The Labute approximate surface area is 111 Å². The third-order valence-corrected chi connectivity index (χ3v) is 2.76. The first-order valence-electron chi connectivity index (χ1n) is 5.92. The first kappa shape index (κ1) is 14.9. The Balaban J connectivity index is 2.75. The summed E-state index contributed by atoms with van der Waals surface area (Å²) in [7, 11) is 1.56. The van der Waals surface area contributed by atoms with Gasteiger partial charge in [-0.2, -0.15) is 0 Å². The van der Waals surface area contributed by atoms with E-state index in [-0.39, 0.29) is 17.9 Å². The van der Waals surface area contributed by atoms with Crippen LogP contribution >= 0.6 is 0 Å². The zero-order valence-electron chi connectivity index (χ0n) is 11.3. The summed E-state index contributed by atoms with van der Waals surface area (Å²) in [5.41, 5.74) is -0.448.